The summed E-state index contributed by atoms with van der Waals surface area (Å²) in [6.07, 6.45) is 2.30. The maximum atomic E-state index is 13.4. The highest BCUT2D eigenvalue weighted by Crippen LogP contribution is 2.39. The zero-order chi connectivity index (χ0) is 23.3. The third kappa shape index (κ3) is 5.06. The molecule has 7 heteroatoms. The van der Waals surface area contributed by atoms with Crippen LogP contribution in [0.15, 0.2) is 66.8 Å². The van der Waals surface area contributed by atoms with Gasteiger partial charge < -0.3 is 19.6 Å². The van der Waals surface area contributed by atoms with Crippen molar-refractivity contribution in [3.63, 3.8) is 0 Å². The molecule has 2 aromatic rings. The van der Waals surface area contributed by atoms with Gasteiger partial charge in [0.1, 0.15) is 23.9 Å². The number of rotatable bonds is 9. The van der Waals surface area contributed by atoms with Crippen molar-refractivity contribution in [1.29, 1.82) is 0 Å². The van der Waals surface area contributed by atoms with Crippen LogP contribution in [0.4, 0.5) is 4.39 Å². The molecule has 1 fully saturated rings. The molecule has 0 bridgehead atoms. The first kappa shape index (κ1) is 23.2. The second-order valence-electron chi connectivity index (χ2n) is 7.82. The molecule has 32 heavy (non-hydrogen) atoms. The van der Waals surface area contributed by atoms with Gasteiger partial charge in [0.2, 0.25) is 0 Å². The Balaban J connectivity index is 2.04. The Bertz CT molecular complexity index is 1010. The molecule has 1 heterocycles. The van der Waals surface area contributed by atoms with Gasteiger partial charge in [-0.15, -0.1) is 0 Å². The smallest absolute Gasteiger partial charge is 0.295 e. The van der Waals surface area contributed by atoms with Gasteiger partial charge >= 0.3 is 0 Å². The van der Waals surface area contributed by atoms with Crippen LogP contribution in [0.5, 0.6) is 5.75 Å². The number of nitrogens with zero attached hydrogens (tertiary/aromatic N) is 2. The van der Waals surface area contributed by atoms with Gasteiger partial charge in [0.25, 0.3) is 11.7 Å². The molecule has 0 radical (unpaired) electrons. The van der Waals surface area contributed by atoms with E-state index in [4.69, 9.17) is 4.74 Å². The Kier molecular flexibility index (Phi) is 7.43. The van der Waals surface area contributed by atoms with Crippen LogP contribution in [-0.2, 0) is 9.59 Å². The summed E-state index contributed by atoms with van der Waals surface area (Å²) in [6.45, 7) is 5.06. The molecule has 1 atom stereocenters. The van der Waals surface area contributed by atoms with E-state index >= 15 is 0 Å². The number of aliphatic hydroxyl groups is 1. The highest BCUT2D eigenvalue weighted by Gasteiger charge is 2.45. The third-order valence-electron chi connectivity index (χ3n) is 5.23. The monoisotopic (exact) mass is 438 g/mol. The topological polar surface area (TPSA) is 70.1 Å². The number of likely N-dealkylation sites (tertiary alicyclic amines) is 1. The Morgan fingerprint density at radius 1 is 1.16 bits per heavy atom. The molecule has 2 aromatic carbocycles. The number of halogens is 1. The zero-order valence-electron chi connectivity index (χ0n) is 18.3. The number of hydrogen-bond donors (Lipinski definition) is 1. The van der Waals surface area contributed by atoms with Crippen molar-refractivity contribution in [3.8, 4) is 5.75 Å². The second-order valence-corrected chi connectivity index (χ2v) is 7.82. The number of amides is 1. The maximum Gasteiger partial charge on any atom is 0.295 e. The molecule has 0 unspecified atom stereocenters. The summed E-state index contributed by atoms with van der Waals surface area (Å²) < 4.78 is 18.9. The lowest BCUT2D eigenvalue weighted by Crippen LogP contribution is -2.32. The fraction of sp³-hybridized carbons (Fsp3) is 0.280. The standard InChI is InChI=1S/C25H27FN2O4/c1-4-16-32-20-12-8-17(9-13-20)22-21(23(29)18-6-10-19(26)11-7-18)24(30)25(31)28(22)15-5-14-27(2)3/h4,6-13,22,29H,1,5,14-16H2,2-3H3/t22-/m0/s1. The van der Waals surface area contributed by atoms with E-state index in [9.17, 15) is 19.1 Å². The van der Waals surface area contributed by atoms with Crippen LogP contribution in [0.25, 0.3) is 5.76 Å². The molecular weight excluding hydrogens is 411 g/mol. The average molecular weight is 438 g/mol. The van der Waals surface area contributed by atoms with Crippen LogP contribution in [0, 0.1) is 5.82 Å². The van der Waals surface area contributed by atoms with Crippen molar-refractivity contribution >= 4 is 17.4 Å². The molecule has 1 aliphatic heterocycles. The van der Waals surface area contributed by atoms with E-state index in [0.29, 0.717) is 30.9 Å². The van der Waals surface area contributed by atoms with Crippen LogP contribution < -0.4 is 4.74 Å². The highest BCUT2D eigenvalue weighted by atomic mass is 19.1. The van der Waals surface area contributed by atoms with Crippen LogP contribution in [0.2, 0.25) is 0 Å². The number of ether oxygens (including phenoxy) is 1. The normalized spacial score (nSPS) is 17.8. The highest BCUT2D eigenvalue weighted by molar-refractivity contribution is 6.46. The third-order valence-corrected chi connectivity index (χ3v) is 5.23. The number of carbonyl (C=O) groups is 2. The Morgan fingerprint density at radius 2 is 1.81 bits per heavy atom. The van der Waals surface area contributed by atoms with E-state index in [1.807, 2.05) is 19.0 Å². The van der Waals surface area contributed by atoms with Crippen molar-refractivity contribution in [2.45, 2.75) is 12.5 Å². The molecular formula is C25H27FN2O4. The number of hydrogen-bond acceptors (Lipinski definition) is 5. The molecule has 168 valence electrons. The number of benzene rings is 2. The van der Waals surface area contributed by atoms with E-state index in [-0.39, 0.29) is 16.9 Å². The molecule has 0 spiro atoms. The predicted octanol–water partition coefficient (Wildman–Crippen LogP) is 3.76. The quantitative estimate of drug-likeness (QED) is 0.279. The Hall–Kier alpha value is -3.45. The first-order chi connectivity index (χ1) is 15.3. The number of ketones is 1. The fourth-order valence-corrected chi connectivity index (χ4v) is 3.68. The lowest BCUT2D eigenvalue weighted by Gasteiger charge is -2.26. The number of carbonyl (C=O) groups excluding carboxylic acids is 2. The zero-order valence-corrected chi connectivity index (χ0v) is 18.3. The summed E-state index contributed by atoms with van der Waals surface area (Å²) in [5, 5.41) is 10.9. The first-order valence-electron chi connectivity index (χ1n) is 10.4. The first-order valence-corrected chi connectivity index (χ1v) is 10.4. The van der Waals surface area contributed by atoms with Crippen LogP contribution in [0.1, 0.15) is 23.6 Å². The van der Waals surface area contributed by atoms with Crippen LogP contribution in [-0.4, -0.2) is 60.4 Å². The van der Waals surface area contributed by atoms with Gasteiger partial charge in [-0.05, 0) is 69.0 Å². The summed E-state index contributed by atoms with van der Waals surface area (Å²) in [6, 6.07) is 11.4. The molecule has 3 rings (SSSR count). The molecule has 1 saturated heterocycles. The average Bonchev–Trinajstić information content (AvgIpc) is 3.03. The number of Topliss-reactive ketones (excluding diaryl/α,β-unsaturated/α-hetero) is 1. The summed E-state index contributed by atoms with van der Waals surface area (Å²) in [7, 11) is 3.87. The largest absolute Gasteiger partial charge is 0.507 e. The summed E-state index contributed by atoms with van der Waals surface area (Å²) in [4.78, 5) is 29.3. The van der Waals surface area contributed by atoms with Crippen LogP contribution in [0.3, 0.4) is 0 Å². The predicted molar refractivity (Wildman–Crippen MR) is 121 cm³/mol. The minimum atomic E-state index is -0.756. The van der Waals surface area contributed by atoms with E-state index in [0.717, 1.165) is 6.54 Å². The van der Waals surface area contributed by atoms with Crippen molar-refractivity contribution in [3.05, 3.63) is 83.7 Å². The van der Waals surface area contributed by atoms with Crippen molar-refractivity contribution in [2.24, 2.45) is 0 Å². The van der Waals surface area contributed by atoms with Gasteiger partial charge in [0.05, 0.1) is 11.6 Å². The minimum absolute atomic E-state index is 0.00813. The molecule has 1 N–H and O–H groups in total. The summed E-state index contributed by atoms with van der Waals surface area (Å²) in [5.74, 6) is -1.58. The summed E-state index contributed by atoms with van der Waals surface area (Å²) in [5.41, 5.74) is 0.934. The Labute approximate surface area is 187 Å². The molecule has 1 aliphatic rings. The van der Waals surface area contributed by atoms with E-state index < -0.39 is 23.5 Å². The van der Waals surface area contributed by atoms with Crippen LogP contribution >= 0.6 is 0 Å². The van der Waals surface area contributed by atoms with E-state index in [1.54, 1.807) is 30.3 Å². The molecule has 6 nitrogen and oxygen atoms in total. The van der Waals surface area contributed by atoms with E-state index in [1.165, 1.54) is 29.2 Å². The van der Waals surface area contributed by atoms with Crippen molar-refractivity contribution in [1.82, 2.24) is 9.80 Å². The Morgan fingerprint density at radius 3 is 2.41 bits per heavy atom. The lowest BCUT2D eigenvalue weighted by atomic mass is 9.95. The molecule has 0 aromatic heterocycles. The maximum absolute atomic E-state index is 13.4. The summed E-state index contributed by atoms with van der Waals surface area (Å²) >= 11 is 0. The minimum Gasteiger partial charge on any atom is -0.507 e. The van der Waals surface area contributed by atoms with E-state index in [2.05, 4.69) is 6.58 Å². The van der Waals surface area contributed by atoms with Gasteiger partial charge in [-0.2, -0.15) is 0 Å². The van der Waals surface area contributed by atoms with Gasteiger partial charge in [0, 0.05) is 12.1 Å². The second kappa shape index (κ2) is 10.2. The van der Waals surface area contributed by atoms with Gasteiger partial charge in [-0.25, -0.2) is 4.39 Å². The SMILES string of the molecule is C=CCOc1ccc([C@H]2C(=C(O)c3ccc(F)cc3)C(=O)C(=O)N2CCCN(C)C)cc1. The molecule has 0 aliphatic carbocycles. The fourth-order valence-electron chi connectivity index (χ4n) is 3.68. The van der Waals surface area contributed by atoms with Crippen molar-refractivity contribution < 1.29 is 23.8 Å². The van der Waals surface area contributed by atoms with Gasteiger partial charge in [0.15, 0.2) is 0 Å². The van der Waals surface area contributed by atoms with Gasteiger partial charge in [-0.3, -0.25) is 9.59 Å². The number of aliphatic hydroxyl groups excluding tert-OH is 1. The lowest BCUT2D eigenvalue weighted by molar-refractivity contribution is -0.139. The van der Waals surface area contributed by atoms with Crippen molar-refractivity contribution in [2.75, 3.05) is 33.8 Å². The van der Waals surface area contributed by atoms with Gasteiger partial charge in [-0.1, -0.05) is 24.8 Å². The molecule has 0 saturated carbocycles. The molecule has 1 amide bonds.